The van der Waals surface area contributed by atoms with Gasteiger partial charge in [0.15, 0.2) is 11.6 Å². The van der Waals surface area contributed by atoms with Crippen LogP contribution < -0.4 is 10.1 Å². The summed E-state index contributed by atoms with van der Waals surface area (Å²) in [6.07, 6.45) is 7.21. The van der Waals surface area contributed by atoms with Crippen LogP contribution >= 0.6 is 0 Å². The van der Waals surface area contributed by atoms with Crippen LogP contribution in [0.1, 0.15) is 31.7 Å². The maximum Gasteiger partial charge on any atom is 0.162 e. The molecule has 5 aromatic rings. The van der Waals surface area contributed by atoms with E-state index in [0.717, 1.165) is 40.5 Å². The number of nitrogens with zero attached hydrogens (tertiary/aromatic N) is 5. The van der Waals surface area contributed by atoms with Gasteiger partial charge in [-0.05, 0) is 54.7 Å². The molecule has 2 N–H and O–H groups in total. The van der Waals surface area contributed by atoms with Crippen molar-refractivity contribution in [3.05, 3.63) is 78.6 Å². The number of aliphatic hydroxyl groups is 1. The molecule has 3 heterocycles. The van der Waals surface area contributed by atoms with Gasteiger partial charge < -0.3 is 15.2 Å². The molecule has 1 aliphatic carbocycles. The van der Waals surface area contributed by atoms with Gasteiger partial charge in [0, 0.05) is 29.8 Å². The SMILES string of the molecule is C[C@@H]1CC[C@H](Oc2ccn3ncnc(Nc4ccc5c(cnn5Cc5cccc(F)c5)c4)c23)C[C@H]1O. The number of aromatic nitrogens is 5. The molecule has 8 nitrogen and oxygen atoms in total. The average molecular weight is 487 g/mol. The Hall–Kier alpha value is -3.98. The van der Waals surface area contributed by atoms with E-state index in [1.165, 1.54) is 18.5 Å². The van der Waals surface area contributed by atoms with Crippen LogP contribution in [0, 0.1) is 11.7 Å². The zero-order chi connectivity index (χ0) is 24.6. The summed E-state index contributed by atoms with van der Waals surface area (Å²) in [5.41, 5.74) is 3.40. The molecule has 0 saturated heterocycles. The van der Waals surface area contributed by atoms with Crippen molar-refractivity contribution in [2.45, 2.75) is 44.9 Å². The molecular formula is C27H27FN6O2. The summed E-state index contributed by atoms with van der Waals surface area (Å²) in [6, 6.07) is 14.4. The largest absolute Gasteiger partial charge is 0.488 e. The molecule has 184 valence electrons. The highest BCUT2D eigenvalue weighted by Gasteiger charge is 2.28. The minimum Gasteiger partial charge on any atom is -0.488 e. The topological polar surface area (TPSA) is 89.5 Å². The second-order valence-electron chi connectivity index (χ2n) is 9.51. The molecule has 36 heavy (non-hydrogen) atoms. The Balaban J connectivity index is 1.25. The van der Waals surface area contributed by atoms with Crippen LogP contribution in [0.2, 0.25) is 0 Å². The lowest BCUT2D eigenvalue weighted by molar-refractivity contribution is 0.0184. The van der Waals surface area contributed by atoms with Gasteiger partial charge in [0.2, 0.25) is 0 Å². The zero-order valence-corrected chi connectivity index (χ0v) is 19.9. The van der Waals surface area contributed by atoms with Crippen molar-refractivity contribution >= 4 is 27.9 Å². The molecule has 1 saturated carbocycles. The molecule has 6 rings (SSSR count). The van der Waals surface area contributed by atoms with Gasteiger partial charge in [-0.1, -0.05) is 19.1 Å². The fourth-order valence-electron chi connectivity index (χ4n) is 4.90. The Bertz CT molecular complexity index is 1530. The fourth-order valence-corrected chi connectivity index (χ4v) is 4.90. The zero-order valence-electron chi connectivity index (χ0n) is 19.9. The molecular weight excluding hydrogens is 459 g/mol. The summed E-state index contributed by atoms with van der Waals surface area (Å²) in [5.74, 6) is 1.36. The third-order valence-corrected chi connectivity index (χ3v) is 6.94. The number of aliphatic hydroxyl groups excluding tert-OH is 1. The molecule has 0 spiro atoms. The van der Waals surface area contributed by atoms with Crippen LogP contribution in [0.15, 0.2) is 67.3 Å². The van der Waals surface area contributed by atoms with Crippen molar-refractivity contribution in [3.63, 3.8) is 0 Å². The Labute approximate surface area is 207 Å². The summed E-state index contributed by atoms with van der Waals surface area (Å²) < 4.78 is 23.5. The monoisotopic (exact) mass is 486 g/mol. The number of anilines is 2. The highest BCUT2D eigenvalue weighted by Crippen LogP contribution is 2.33. The van der Waals surface area contributed by atoms with E-state index in [0.29, 0.717) is 30.5 Å². The first-order chi connectivity index (χ1) is 17.5. The molecule has 9 heteroatoms. The van der Waals surface area contributed by atoms with E-state index in [9.17, 15) is 9.50 Å². The standard InChI is InChI=1S/C27H27FN6O2/c1-17-5-7-22(13-24(17)35)36-25-9-10-33-26(25)27(29-16-31-33)32-21-6-8-23-19(12-21)14-30-34(23)15-18-3-2-4-20(28)11-18/h2-4,6,8-12,14,16-17,22,24,35H,5,7,13,15H2,1H3,(H,29,31,32)/t17-,22+,24-/m1/s1. The van der Waals surface area contributed by atoms with Crippen LogP contribution in [0.5, 0.6) is 5.75 Å². The minimum absolute atomic E-state index is 0.0456. The van der Waals surface area contributed by atoms with Crippen molar-refractivity contribution in [2.75, 3.05) is 5.32 Å². The van der Waals surface area contributed by atoms with Gasteiger partial charge in [-0.3, -0.25) is 4.68 Å². The molecule has 2 aromatic carbocycles. The van der Waals surface area contributed by atoms with Crippen molar-refractivity contribution in [2.24, 2.45) is 5.92 Å². The Morgan fingerprint density at radius 3 is 2.92 bits per heavy atom. The number of nitrogens with one attached hydrogen (secondary N) is 1. The maximum absolute atomic E-state index is 13.6. The predicted molar refractivity (Wildman–Crippen MR) is 135 cm³/mol. The lowest BCUT2D eigenvalue weighted by Crippen LogP contribution is -2.33. The summed E-state index contributed by atoms with van der Waals surface area (Å²) in [6.45, 7) is 2.56. The van der Waals surface area contributed by atoms with Gasteiger partial charge in [-0.2, -0.15) is 10.2 Å². The van der Waals surface area contributed by atoms with E-state index >= 15 is 0 Å². The van der Waals surface area contributed by atoms with E-state index < -0.39 is 0 Å². The van der Waals surface area contributed by atoms with E-state index in [4.69, 9.17) is 4.74 Å². The number of fused-ring (bicyclic) bond motifs is 2. The number of benzene rings is 2. The van der Waals surface area contributed by atoms with Crippen LogP contribution in [-0.2, 0) is 6.54 Å². The highest BCUT2D eigenvalue weighted by atomic mass is 19.1. The van der Waals surface area contributed by atoms with Crippen LogP contribution in [0.4, 0.5) is 15.9 Å². The van der Waals surface area contributed by atoms with Gasteiger partial charge in [-0.15, -0.1) is 0 Å². The molecule has 0 aliphatic heterocycles. The van der Waals surface area contributed by atoms with Crippen LogP contribution in [0.25, 0.3) is 16.4 Å². The molecule has 0 bridgehead atoms. The lowest BCUT2D eigenvalue weighted by Gasteiger charge is -2.31. The molecule has 1 aliphatic rings. The molecule has 3 atom stereocenters. The summed E-state index contributed by atoms with van der Waals surface area (Å²) >= 11 is 0. The normalized spacial score (nSPS) is 20.1. The second-order valence-corrected chi connectivity index (χ2v) is 9.51. The smallest absolute Gasteiger partial charge is 0.162 e. The number of halogens is 1. The molecule has 3 aromatic heterocycles. The van der Waals surface area contributed by atoms with E-state index in [-0.39, 0.29) is 18.0 Å². The average Bonchev–Trinajstić information content (AvgIpc) is 3.46. The summed E-state index contributed by atoms with van der Waals surface area (Å²) in [4.78, 5) is 4.48. The third kappa shape index (κ3) is 4.37. The first kappa shape index (κ1) is 22.5. The first-order valence-corrected chi connectivity index (χ1v) is 12.2. The van der Waals surface area contributed by atoms with Gasteiger partial charge in [0.1, 0.15) is 23.8 Å². The fraction of sp³-hybridized carbons (Fsp3) is 0.296. The van der Waals surface area contributed by atoms with Crippen molar-refractivity contribution in [1.82, 2.24) is 24.4 Å². The Morgan fingerprint density at radius 1 is 1.14 bits per heavy atom. The lowest BCUT2D eigenvalue weighted by atomic mass is 9.86. The molecule has 0 radical (unpaired) electrons. The minimum atomic E-state index is -0.347. The third-order valence-electron chi connectivity index (χ3n) is 6.94. The maximum atomic E-state index is 13.6. The van der Waals surface area contributed by atoms with Crippen LogP contribution in [0.3, 0.4) is 0 Å². The number of ether oxygens (including phenoxy) is 1. The van der Waals surface area contributed by atoms with E-state index in [1.54, 1.807) is 16.8 Å². The van der Waals surface area contributed by atoms with Crippen LogP contribution in [-0.4, -0.2) is 41.7 Å². The molecule has 0 unspecified atom stereocenters. The Morgan fingerprint density at radius 2 is 2.06 bits per heavy atom. The van der Waals surface area contributed by atoms with Gasteiger partial charge in [0.25, 0.3) is 0 Å². The number of rotatable bonds is 6. The first-order valence-electron chi connectivity index (χ1n) is 12.2. The second kappa shape index (κ2) is 9.23. The number of hydrogen-bond acceptors (Lipinski definition) is 6. The van der Waals surface area contributed by atoms with Crippen molar-refractivity contribution < 1.29 is 14.2 Å². The predicted octanol–water partition coefficient (Wildman–Crippen LogP) is 4.94. The van der Waals surface area contributed by atoms with E-state index in [2.05, 4.69) is 27.4 Å². The summed E-state index contributed by atoms with van der Waals surface area (Å²) in [7, 11) is 0. The van der Waals surface area contributed by atoms with Crippen molar-refractivity contribution in [1.29, 1.82) is 0 Å². The quantitative estimate of drug-likeness (QED) is 0.354. The summed E-state index contributed by atoms with van der Waals surface area (Å²) in [5, 5.41) is 23.4. The molecule has 0 amide bonds. The van der Waals surface area contributed by atoms with Gasteiger partial charge in [0.05, 0.1) is 24.4 Å². The highest BCUT2D eigenvalue weighted by molar-refractivity contribution is 5.86. The molecule has 1 fully saturated rings. The number of hydrogen-bond donors (Lipinski definition) is 2. The van der Waals surface area contributed by atoms with Crippen molar-refractivity contribution in [3.8, 4) is 5.75 Å². The van der Waals surface area contributed by atoms with E-state index in [1.807, 2.05) is 41.2 Å². The Kier molecular flexibility index (Phi) is 5.77. The van der Waals surface area contributed by atoms with Gasteiger partial charge >= 0.3 is 0 Å². The van der Waals surface area contributed by atoms with Gasteiger partial charge in [-0.25, -0.2) is 13.9 Å².